The van der Waals surface area contributed by atoms with Gasteiger partial charge in [-0.3, -0.25) is 4.40 Å². The molecule has 13 heteroatoms. The maximum absolute atomic E-state index is 11.6. The summed E-state index contributed by atoms with van der Waals surface area (Å²) >= 11 is 12.1. The third kappa shape index (κ3) is 7.72. The number of imidazole rings is 1. The van der Waals surface area contributed by atoms with Crippen LogP contribution in [0.25, 0.3) is 5.65 Å². The number of anilines is 1. The molecule has 0 bridgehead atoms. The monoisotopic (exact) mass is 679 g/mol. The number of nitrogens with zero attached hydrogens (tertiary/aromatic N) is 3. The van der Waals surface area contributed by atoms with Crippen LogP contribution in [0.3, 0.4) is 0 Å². The van der Waals surface area contributed by atoms with E-state index in [2.05, 4.69) is 31.4 Å². The summed E-state index contributed by atoms with van der Waals surface area (Å²) in [5.41, 5.74) is 4.97. The van der Waals surface area contributed by atoms with Gasteiger partial charge in [-0.2, -0.15) is 0 Å². The van der Waals surface area contributed by atoms with E-state index in [1.807, 2.05) is 19.1 Å². The number of aromatic nitrogens is 2. The van der Waals surface area contributed by atoms with E-state index in [4.69, 9.17) is 23.2 Å². The van der Waals surface area contributed by atoms with Crippen molar-refractivity contribution in [3.05, 3.63) is 135 Å². The van der Waals surface area contributed by atoms with Crippen LogP contribution in [0.2, 0.25) is 10.0 Å². The Labute approximate surface area is 278 Å². The molecule has 10 nitrogen and oxygen atoms in total. The number of halogens is 2. The number of nitrogens with one attached hydrogen (secondary N) is 2. The van der Waals surface area contributed by atoms with Crippen LogP contribution in [0, 0.1) is 6.92 Å². The molecule has 0 radical (unpaired) electrons. The minimum Gasteiger partial charge on any atom is -0.508 e. The summed E-state index contributed by atoms with van der Waals surface area (Å²) in [6.07, 6.45) is 9.94. The van der Waals surface area contributed by atoms with E-state index in [0.717, 1.165) is 16.4 Å². The zero-order valence-electron chi connectivity index (χ0n) is 25.0. The molecule has 0 amide bonds. The number of allylic oxidation sites excluding steroid dienone is 3. The molecule has 2 aromatic carbocycles. The number of benzene rings is 2. The number of carboxylic acid groups (broad SMARTS) is 2. The van der Waals surface area contributed by atoms with Crippen molar-refractivity contribution >= 4 is 61.0 Å². The van der Waals surface area contributed by atoms with E-state index >= 15 is 0 Å². The molecule has 2 aromatic heterocycles. The van der Waals surface area contributed by atoms with Crippen LogP contribution in [0.1, 0.15) is 34.1 Å². The van der Waals surface area contributed by atoms with Crippen LogP contribution < -0.4 is 15.9 Å². The lowest BCUT2D eigenvalue weighted by Crippen LogP contribution is -2.29. The average molecular weight is 681 g/mol. The van der Waals surface area contributed by atoms with Crippen LogP contribution in [0.4, 0.5) is 5.69 Å². The topological polar surface area (TPSA) is 139 Å². The Hall–Kier alpha value is -4.76. The average Bonchev–Trinajstić information content (AvgIpc) is 3.49. The number of carboxylic acids is 2. The summed E-state index contributed by atoms with van der Waals surface area (Å²) in [6, 6.07) is 12.1. The minimum atomic E-state index is -1.07. The zero-order valence-corrected chi connectivity index (χ0v) is 27.6. The largest absolute Gasteiger partial charge is 0.508 e. The molecule has 5 N–H and O–H groups in total. The second-order valence-corrected chi connectivity index (χ2v) is 11.5. The Morgan fingerprint density at radius 2 is 1.80 bits per heavy atom. The number of aromatic hydroxyl groups is 1. The molecule has 5 rings (SSSR count). The summed E-state index contributed by atoms with van der Waals surface area (Å²) in [7, 11) is 2.69. The van der Waals surface area contributed by atoms with Crippen molar-refractivity contribution < 1.29 is 24.9 Å². The van der Waals surface area contributed by atoms with Gasteiger partial charge in [0.2, 0.25) is 0 Å². The first-order valence-corrected chi connectivity index (χ1v) is 15.2. The molecule has 4 aromatic rings. The fraction of sp³-hybridized carbons (Fsp3) is 0.121. The lowest BCUT2D eigenvalue weighted by Gasteiger charge is -2.27. The van der Waals surface area contributed by atoms with E-state index < -0.39 is 11.9 Å². The van der Waals surface area contributed by atoms with Crippen LogP contribution in [0.5, 0.6) is 5.75 Å². The van der Waals surface area contributed by atoms with Gasteiger partial charge < -0.3 is 30.9 Å². The van der Waals surface area contributed by atoms with Gasteiger partial charge in [0.25, 0.3) is 0 Å². The van der Waals surface area contributed by atoms with Gasteiger partial charge in [0.15, 0.2) is 11.4 Å². The predicted octanol–water partition coefficient (Wildman–Crippen LogP) is 6.46. The fourth-order valence-corrected chi connectivity index (χ4v) is 5.49. The van der Waals surface area contributed by atoms with Crippen molar-refractivity contribution in [2.24, 2.45) is 0 Å². The molecular weight excluding hydrogens is 648 g/mol. The van der Waals surface area contributed by atoms with Gasteiger partial charge in [-0.15, -0.1) is 9.24 Å². The number of aryl methyl sites for hydroxylation is 1. The van der Waals surface area contributed by atoms with Crippen LogP contribution in [0.15, 0.2) is 103 Å². The van der Waals surface area contributed by atoms with Crippen LogP contribution >= 0.6 is 32.4 Å². The Balaban J connectivity index is 0.000000209. The van der Waals surface area contributed by atoms with Crippen molar-refractivity contribution in [3.63, 3.8) is 0 Å². The van der Waals surface area contributed by atoms with Gasteiger partial charge >= 0.3 is 11.9 Å². The van der Waals surface area contributed by atoms with Crippen molar-refractivity contribution in [1.29, 1.82) is 0 Å². The SMILES string of the molecule is C=C1C=CC(NCc2ccc(Cl)cc2O)=C(C(=O)O)N1/C=C\C.Cc1ccc(Cl)c(CNc2ccc3nccn3c2C(=O)O)c1P. The second-order valence-electron chi connectivity index (χ2n) is 10.0. The van der Waals surface area contributed by atoms with Gasteiger partial charge in [0.05, 0.1) is 11.4 Å². The number of carbonyl (C=O) groups is 2. The lowest BCUT2D eigenvalue weighted by atomic mass is 10.1. The van der Waals surface area contributed by atoms with Crippen molar-refractivity contribution in [2.45, 2.75) is 26.9 Å². The highest BCUT2D eigenvalue weighted by Crippen LogP contribution is 2.26. The highest BCUT2D eigenvalue weighted by atomic mass is 35.5. The number of fused-ring (bicyclic) bond motifs is 1. The Morgan fingerprint density at radius 3 is 2.48 bits per heavy atom. The Bertz CT molecular complexity index is 1920. The van der Waals surface area contributed by atoms with Gasteiger partial charge in [-0.1, -0.05) is 48.0 Å². The second kappa shape index (κ2) is 15.0. The molecule has 0 spiro atoms. The van der Waals surface area contributed by atoms with Crippen molar-refractivity contribution in [1.82, 2.24) is 19.6 Å². The summed E-state index contributed by atoms with van der Waals surface area (Å²) in [5.74, 6) is -2.04. The van der Waals surface area contributed by atoms with E-state index in [-0.39, 0.29) is 23.7 Å². The lowest BCUT2D eigenvalue weighted by molar-refractivity contribution is -0.134. The van der Waals surface area contributed by atoms with Gasteiger partial charge in [-0.05, 0) is 72.8 Å². The summed E-state index contributed by atoms with van der Waals surface area (Å²) < 4.78 is 1.55. The van der Waals surface area contributed by atoms with E-state index in [1.165, 1.54) is 11.0 Å². The number of aromatic carboxylic acids is 1. The molecule has 1 aliphatic heterocycles. The molecule has 0 saturated heterocycles. The number of phenols is 1. The number of pyridine rings is 1. The van der Waals surface area contributed by atoms with Gasteiger partial charge in [0.1, 0.15) is 11.4 Å². The molecule has 46 heavy (non-hydrogen) atoms. The van der Waals surface area contributed by atoms with Crippen molar-refractivity contribution in [3.8, 4) is 5.75 Å². The molecule has 1 unspecified atom stereocenters. The van der Waals surface area contributed by atoms with Crippen LogP contribution in [-0.2, 0) is 17.9 Å². The molecule has 0 aliphatic carbocycles. The maximum atomic E-state index is 11.6. The summed E-state index contributed by atoms with van der Waals surface area (Å²) in [5, 5.41) is 37.2. The minimum absolute atomic E-state index is 0.0528. The Kier molecular flexibility index (Phi) is 11.1. The van der Waals surface area contributed by atoms with Gasteiger partial charge in [-0.25, -0.2) is 14.6 Å². The number of phenolic OH excluding ortho intramolecular Hbond substituents is 1. The van der Waals surface area contributed by atoms with Gasteiger partial charge in [0, 0.05) is 53.0 Å². The van der Waals surface area contributed by atoms with E-state index in [1.54, 1.807) is 72.4 Å². The number of hydrogen-bond donors (Lipinski definition) is 5. The first-order valence-electron chi connectivity index (χ1n) is 13.9. The smallest absolute Gasteiger partial charge is 0.355 e. The van der Waals surface area contributed by atoms with E-state index in [0.29, 0.717) is 44.9 Å². The molecule has 0 fully saturated rings. The standard InChI is InChI=1S/C17H17ClN2O3.C16H15ClN3O2P/c1-3-8-20-11(2)4-7-14(16(20)17(22)23)19-10-12-5-6-13(18)9-15(12)21;1-9-2-3-11(17)10(15(9)23)8-19-12-4-5-13-18-6-7-20(13)14(12)16(21)22/h3-9,19,21H,2,10H2,1H3,(H,22,23);2-7,19H,8,23H2,1H3,(H,21,22)/b8-3-;. The van der Waals surface area contributed by atoms with Crippen molar-refractivity contribution in [2.75, 3.05) is 5.32 Å². The molecule has 0 saturated carbocycles. The number of hydrogen-bond acceptors (Lipinski definition) is 7. The van der Waals surface area contributed by atoms with E-state index in [9.17, 15) is 24.9 Å². The highest BCUT2D eigenvalue weighted by molar-refractivity contribution is 7.27. The summed E-state index contributed by atoms with van der Waals surface area (Å²) in [4.78, 5) is 28.8. The quantitative estimate of drug-likeness (QED) is 0.126. The highest BCUT2D eigenvalue weighted by Gasteiger charge is 2.24. The molecule has 238 valence electrons. The van der Waals surface area contributed by atoms with Crippen LogP contribution in [-0.4, -0.2) is 41.5 Å². The number of rotatable bonds is 9. The first kappa shape index (κ1) is 34.1. The zero-order chi connectivity index (χ0) is 33.5. The summed E-state index contributed by atoms with van der Waals surface area (Å²) in [6.45, 7) is 8.32. The normalized spacial score (nSPS) is 12.8. The third-order valence-corrected chi connectivity index (χ3v) is 8.40. The Morgan fingerprint density at radius 1 is 1.04 bits per heavy atom. The molecule has 1 aliphatic rings. The fourth-order valence-electron chi connectivity index (χ4n) is 4.64. The molecule has 3 heterocycles. The molecule has 1 atom stereocenters. The number of aliphatic carboxylic acids is 1. The third-order valence-electron chi connectivity index (χ3n) is 7.01. The predicted molar refractivity (Wildman–Crippen MR) is 185 cm³/mol. The maximum Gasteiger partial charge on any atom is 0.355 e. The molecular formula is C33H32Cl2N5O5P. The first-order chi connectivity index (χ1) is 21.9.